The van der Waals surface area contributed by atoms with Crippen LogP contribution >= 0.6 is 0 Å². The molecule has 1 N–H and O–H groups in total. The van der Waals surface area contributed by atoms with Crippen molar-refractivity contribution in [2.45, 2.75) is 52.4 Å². The molecule has 11 nitrogen and oxygen atoms in total. The fourth-order valence-electron chi connectivity index (χ4n) is 1.88. The highest BCUT2D eigenvalue weighted by atomic mass is 16.6. The molecular formula is C16H24O11. The minimum absolute atomic E-state index is 0.317. The van der Waals surface area contributed by atoms with Crippen LogP contribution in [0.5, 0.6) is 0 Å². The molecule has 0 aliphatic carbocycles. The second-order valence-electron chi connectivity index (χ2n) is 5.40. The number of aliphatic hydroxyl groups is 1. The molecule has 0 aliphatic heterocycles. The number of aliphatic hydroxyl groups excluding tert-OH is 1. The summed E-state index contributed by atoms with van der Waals surface area (Å²) in [6, 6.07) is 0. The van der Waals surface area contributed by atoms with Gasteiger partial charge in [0.1, 0.15) is 13.2 Å². The van der Waals surface area contributed by atoms with Gasteiger partial charge in [-0.05, 0) is 0 Å². The van der Waals surface area contributed by atoms with Gasteiger partial charge in [-0.25, -0.2) is 0 Å². The molecule has 0 spiro atoms. The third-order valence-corrected chi connectivity index (χ3v) is 2.83. The summed E-state index contributed by atoms with van der Waals surface area (Å²) in [4.78, 5) is 56.1. The van der Waals surface area contributed by atoms with E-state index in [1.165, 1.54) is 0 Å². The molecule has 0 aliphatic rings. The zero-order chi connectivity index (χ0) is 21.0. The normalized spacial score (nSPS) is 13.5. The molecule has 27 heavy (non-hydrogen) atoms. The SMILES string of the molecule is CC(=O)OCC(COC(=O)CC(OC(C)=O)C(CO)OC(C)=O)OC(C)=O. The third-order valence-electron chi connectivity index (χ3n) is 2.83. The van der Waals surface area contributed by atoms with E-state index in [9.17, 15) is 29.1 Å². The molecule has 11 heteroatoms. The first-order chi connectivity index (χ1) is 12.5. The fraction of sp³-hybridized carbons (Fsp3) is 0.688. The van der Waals surface area contributed by atoms with E-state index in [1.807, 2.05) is 0 Å². The van der Waals surface area contributed by atoms with Crippen molar-refractivity contribution in [3.05, 3.63) is 0 Å². The van der Waals surface area contributed by atoms with Gasteiger partial charge >= 0.3 is 29.8 Å². The smallest absolute Gasteiger partial charge is 0.309 e. The monoisotopic (exact) mass is 392 g/mol. The standard InChI is InChI=1S/C16H24O11/c1-9(18)23-7-13(25-10(2)19)8-24-16(22)5-14(26-11(3)20)15(6-17)27-12(4)21/h13-15,17H,5-8H2,1-4H3. The quantitative estimate of drug-likeness (QED) is 0.350. The van der Waals surface area contributed by atoms with E-state index in [2.05, 4.69) is 0 Å². The fourth-order valence-corrected chi connectivity index (χ4v) is 1.88. The minimum Gasteiger partial charge on any atom is -0.462 e. The zero-order valence-corrected chi connectivity index (χ0v) is 15.6. The second kappa shape index (κ2) is 12.6. The Labute approximate surface area is 155 Å². The number of ether oxygens (including phenoxy) is 5. The number of esters is 5. The van der Waals surface area contributed by atoms with Crippen LogP contribution in [0.3, 0.4) is 0 Å². The van der Waals surface area contributed by atoms with Gasteiger partial charge in [0.15, 0.2) is 18.3 Å². The molecule has 154 valence electrons. The molecule has 0 aromatic rings. The van der Waals surface area contributed by atoms with Crippen LogP contribution in [0, 0.1) is 0 Å². The summed E-state index contributed by atoms with van der Waals surface area (Å²) in [7, 11) is 0. The predicted molar refractivity (Wildman–Crippen MR) is 86.0 cm³/mol. The highest BCUT2D eigenvalue weighted by Crippen LogP contribution is 2.11. The summed E-state index contributed by atoms with van der Waals surface area (Å²) in [5.41, 5.74) is 0. The molecule has 0 aromatic heterocycles. The number of hydrogen-bond acceptors (Lipinski definition) is 11. The van der Waals surface area contributed by atoms with Gasteiger partial charge in [0.2, 0.25) is 0 Å². The number of carbonyl (C=O) groups is 5. The van der Waals surface area contributed by atoms with Crippen molar-refractivity contribution in [3.63, 3.8) is 0 Å². The molecular weight excluding hydrogens is 368 g/mol. The summed E-state index contributed by atoms with van der Waals surface area (Å²) >= 11 is 0. The molecule has 0 rings (SSSR count). The number of hydrogen-bond donors (Lipinski definition) is 1. The van der Waals surface area contributed by atoms with Crippen molar-refractivity contribution >= 4 is 29.8 Å². The third kappa shape index (κ3) is 12.3. The Morgan fingerprint density at radius 2 is 1.19 bits per heavy atom. The Balaban J connectivity index is 4.83. The summed E-state index contributed by atoms with van der Waals surface area (Å²) in [5.74, 6) is -3.66. The lowest BCUT2D eigenvalue weighted by molar-refractivity contribution is -0.175. The van der Waals surface area contributed by atoms with Gasteiger partial charge in [-0.2, -0.15) is 0 Å². The van der Waals surface area contributed by atoms with E-state index in [4.69, 9.17) is 23.7 Å². The van der Waals surface area contributed by atoms with Crippen LogP contribution in [0.2, 0.25) is 0 Å². The maximum atomic E-state index is 12.0. The molecule has 3 atom stereocenters. The van der Waals surface area contributed by atoms with Gasteiger partial charge in [-0.15, -0.1) is 0 Å². The van der Waals surface area contributed by atoms with Crippen molar-refractivity contribution in [1.29, 1.82) is 0 Å². The average molecular weight is 392 g/mol. The zero-order valence-electron chi connectivity index (χ0n) is 15.6. The van der Waals surface area contributed by atoms with Gasteiger partial charge in [-0.3, -0.25) is 24.0 Å². The van der Waals surface area contributed by atoms with Crippen molar-refractivity contribution in [2.75, 3.05) is 19.8 Å². The van der Waals surface area contributed by atoms with Crippen LogP contribution in [-0.4, -0.2) is 73.1 Å². The molecule has 0 saturated heterocycles. The second-order valence-corrected chi connectivity index (χ2v) is 5.40. The van der Waals surface area contributed by atoms with Crippen LogP contribution in [0.15, 0.2) is 0 Å². The van der Waals surface area contributed by atoms with Crippen LogP contribution in [0.1, 0.15) is 34.1 Å². The summed E-state index contributed by atoms with van der Waals surface area (Å²) in [6.07, 6.45) is -4.09. The lowest BCUT2D eigenvalue weighted by Gasteiger charge is -2.24. The molecule has 0 aromatic carbocycles. The Kier molecular flexibility index (Phi) is 11.4. The Bertz CT molecular complexity index is 542. The van der Waals surface area contributed by atoms with Crippen molar-refractivity contribution in [2.24, 2.45) is 0 Å². The lowest BCUT2D eigenvalue weighted by Crippen LogP contribution is -2.39. The van der Waals surface area contributed by atoms with E-state index < -0.39 is 67.8 Å². The lowest BCUT2D eigenvalue weighted by atomic mass is 10.1. The first-order valence-electron chi connectivity index (χ1n) is 7.96. The van der Waals surface area contributed by atoms with E-state index in [1.54, 1.807) is 0 Å². The Morgan fingerprint density at radius 3 is 1.63 bits per heavy atom. The maximum Gasteiger partial charge on any atom is 0.309 e. The van der Waals surface area contributed by atoms with E-state index >= 15 is 0 Å². The summed E-state index contributed by atoms with van der Waals surface area (Å²) < 4.78 is 24.2. The van der Waals surface area contributed by atoms with Gasteiger partial charge in [0, 0.05) is 27.7 Å². The van der Waals surface area contributed by atoms with E-state index in [-0.39, 0.29) is 6.61 Å². The number of carbonyl (C=O) groups excluding carboxylic acids is 5. The van der Waals surface area contributed by atoms with E-state index in [0.29, 0.717) is 0 Å². The van der Waals surface area contributed by atoms with E-state index in [0.717, 1.165) is 27.7 Å². The van der Waals surface area contributed by atoms with Crippen LogP contribution < -0.4 is 0 Å². The van der Waals surface area contributed by atoms with Crippen LogP contribution in [-0.2, 0) is 47.7 Å². The molecule has 0 radical (unpaired) electrons. The Hall–Kier alpha value is -2.69. The largest absolute Gasteiger partial charge is 0.462 e. The average Bonchev–Trinajstić information content (AvgIpc) is 2.53. The van der Waals surface area contributed by atoms with Gasteiger partial charge in [0.25, 0.3) is 0 Å². The maximum absolute atomic E-state index is 12.0. The van der Waals surface area contributed by atoms with Crippen molar-refractivity contribution < 1.29 is 52.8 Å². The van der Waals surface area contributed by atoms with Crippen LogP contribution in [0.25, 0.3) is 0 Å². The van der Waals surface area contributed by atoms with Gasteiger partial charge < -0.3 is 28.8 Å². The van der Waals surface area contributed by atoms with Gasteiger partial charge in [-0.1, -0.05) is 0 Å². The number of rotatable bonds is 11. The Morgan fingerprint density at radius 1 is 0.704 bits per heavy atom. The van der Waals surface area contributed by atoms with Crippen molar-refractivity contribution in [3.8, 4) is 0 Å². The highest BCUT2D eigenvalue weighted by molar-refractivity contribution is 5.72. The van der Waals surface area contributed by atoms with Crippen molar-refractivity contribution in [1.82, 2.24) is 0 Å². The molecule has 0 fully saturated rings. The van der Waals surface area contributed by atoms with Crippen LogP contribution in [0.4, 0.5) is 0 Å². The molecule has 0 saturated carbocycles. The minimum atomic E-state index is -1.27. The predicted octanol–water partition coefficient (Wildman–Crippen LogP) is -0.730. The molecule has 0 bridgehead atoms. The topological polar surface area (TPSA) is 152 Å². The summed E-state index contributed by atoms with van der Waals surface area (Å²) in [6.45, 7) is 3.03. The summed E-state index contributed by atoms with van der Waals surface area (Å²) in [5, 5.41) is 9.28. The van der Waals surface area contributed by atoms with Gasteiger partial charge in [0.05, 0.1) is 13.0 Å². The molecule has 0 heterocycles. The first kappa shape index (κ1) is 24.3. The molecule has 3 unspecified atom stereocenters. The highest BCUT2D eigenvalue weighted by Gasteiger charge is 2.30. The first-order valence-corrected chi connectivity index (χ1v) is 7.96. The molecule has 0 amide bonds.